The van der Waals surface area contributed by atoms with E-state index in [1.54, 1.807) is 6.92 Å². The molecule has 2 aliphatic heterocycles. The van der Waals surface area contributed by atoms with Gasteiger partial charge in [-0.2, -0.15) is 0 Å². The van der Waals surface area contributed by atoms with E-state index in [1.807, 2.05) is 16.7 Å². The highest BCUT2D eigenvalue weighted by Gasteiger charge is 2.27. The first-order valence-corrected chi connectivity index (χ1v) is 10.3. The molecule has 7 nitrogen and oxygen atoms in total. The van der Waals surface area contributed by atoms with Gasteiger partial charge < -0.3 is 19.7 Å². The molecule has 0 spiro atoms. The van der Waals surface area contributed by atoms with Gasteiger partial charge in [-0.1, -0.05) is 0 Å². The molecule has 0 aliphatic carbocycles. The Morgan fingerprint density at radius 2 is 1.82 bits per heavy atom. The summed E-state index contributed by atoms with van der Waals surface area (Å²) in [4.78, 5) is 46.0. The molecular weight excluding hydrogens is 356 g/mol. The fraction of sp³-hybridized carbons (Fsp3) is 0.667. The van der Waals surface area contributed by atoms with E-state index in [4.69, 9.17) is 0 Å². The Kier molecular flexibility index (Phi) is 6.54. The standard InChI is InChI=1S/C21H32N4O3/c1-15-13-18(26)22-16(2)20(15)21(28)25-8-4-5-17(14-25)6-7-19(27)24-11-9-23(3)10-12-24/h13,17H,4-12,14H2,1-3H3,(H,22,26)/t17-/m1/s1. The number of likely N-dealkylation sites (tertiary alicyclic amines) is 1. The number of piperazine rings is 1. The number of nitrogens with zero attached hydrogens (tertiary/aromatic N) is 3. The summed E-state index contributed by atoms with van der Waals surface area (Å²) >= 11 is 0. The topological polar surface area (TPSA) is 76.7 Å². The van der Waals surface area contributed by atoms with Crippen molar-refractivity contribution in [2.45, 2.75) is 39.5 Å². The van der Waals surface area contributed by atoms with Gasteiger partial charge in [0.15, 0.2) is 0 Å². The van der Waals surface area contributed by atoms with Crippen molar-refractivity contribution < 1.29 is 9.59 Å². The van der Waals surface area contributed by atoms with Gasteiger partial charge in [0.2, 0.25) is 11.5 Å². The number of nitrogens with one attached hydrogen (secondary N) is 1. The Balaban J connectivity index is 1.56. The van der Waals surface area contributed by atoms with E-state index in [0.717, 1.165) is 57.5 Å². The molecule has 28 heavy (non-hydrogen) atoms. The van der Waals surface area contributed by atoms with Crippen molar-refractivity contribution in [3.63, 3.8) is 0 Å². The number of hydrogen-bond acceptors (Lipinski definition) is 4. The van der Waals surface area contributed by atoms with Gasteiger partial charge in [0.05, 0.1) is 5.56 Å². The van der Waals surface area contributed by atoms with Gasteiger partial charge in [0, 0.05) is 57.4 Å². The van der Waals surface area contributed by atoms with E-state index >= 15 is 0 Å². The summed E-state index contributed by atoms with van der Waals surface area (Å²) < 4.78 is 0. The van der Waals surface area contributed by atoms with Crippen LogP contribution in [0.4, 0.5) is 0 Å². The molecule has 3 rings (SSSR count). The van der Waals surface area contributed by atoms with Crippen molar-refractivity contribution in [3.05, 3.63) is 33.2 Å². The third-order valence-electron chi connectivity index (χ3n) is 6.07. The van der Waals surface area contributed by atoms with Gasteiger partial charge in [-0.25, -0.2) is 0 Å². The van der Waals surface area contributed by atoms with Crippen LogP contribution in [0.3, 0.4) is 0 Å². The predicted octanol–water partition coefficient (Wildman–Crippen LogP) is 1.40. The number of rotatable bonds is 4. The van der Waals surface area contributed by atoms with Crippen LogP contribution >= 0.6 is 0 Å². The molecule has 154 valence electrons. The Labute approximate surface area is 166 Å². The molecule has 1 aromatic rings. The number of carbonyl (C=O) groups is 2. The Morgan fingerprint density at radius 3 is 2.50 bits per heavy atom. The maximum absolute atomic E-state index is 13.0. The number of aromatic amines is 1. The number of hydrogen-bond donors (Lipinski definition) is 1. The predicted molar refractivity (Wildman–Crippen MR) is 108 cm³/mol. The molecule has 1 N–H and O–H groups in total. The summed E-state index contributed by atoms with van der Waals surface area (Å²) in [5.74, 6) is 0.586. The van der Waals surface area contributed by atoms with Crippen LogP contribution in [0.25, 0.3) is 0 Å². The van der Waals surface area contributed by atoms with E-state index in [2.05, 4.69) is 16.9 Å². The van der Waals surface area contributed by atoms with E-state index in [-0.39, 0.29) is 17.4 Å². The first-order chi connectivity index (χ1) is 13.3. The van der Waals surface area contributed by atoms with Crippen LogP contribution in [0, 0.1) is 19.8 Å². The van der Waals surface area contributed by atoms with Crippen LogP contribution in [0.2, 0.25) is 0 Å². The number of aromatic nitrogens is 1. The number of piperidine rings is 1. The Morgan fingerprint density at radius 1 is 1.11 bits per heavy atom. The van der Waals surface area contributed by atoms with Crippen molar-refractivity contribution in [2.75, 3.05) is 46.3 Å². The zero-order valence-corrected chi connectivity index (χ0v) is 17.3. The number of H-pyrrole nitrogens is 1. The number of amides is 2. The lowest BCUT2D eigenvalue weighted by Crippen LogP contribution is -2.47. The second-order valence-electron chi connectivity index (χ2n) is 8.30. The van der Waals surface area contributed by atoms with Gasteiger partial charge in [0.25, 0.3) is 5.91 Å². The number of likely N-dealkylation sites (N-methyl/N-ethyl adjacent to an activating group) is 1. The molecule has 2 aliphatic rings. The largest absolute Gasteiger partial charge is 0.340 e. The van der Waals surface area contributed by atoms with E-state index < -0.39 is 0 Å². The summed E-state index contributed by atoms with van der Waals surface area (Å²) in [6, 6.07) is 1.48. The molecule has 7 heteroatoms. The summed E-state index contributed by atoms with van der Waals surface area (Å²) in [6.07, 6.45) is 3.41. The van der Waals surface area contributed by atoms with Crippen LogP contribution in [0.1, 0.15) is 47.3 Å². The molecular formula is C21H32N4O3. The van der Waals surface area contributed by atoms with Crippen molar-refractivity contribution >= 4 is 11.8 Å². The Bertz CT molecular complexity index is 754. The van der Waals surface area contributed by atoms with Crippen molar-refractivity contribution in [2.24, 2.45) is 5.92 Å². The molecule has 2 fully saturated rings. The molecule has 0 unspecified atom stereocenters. The summed E-state index contributed by atoms with van der Waals surface area (Å²) in [5, 5.41) is 0. The van der Waals surface area contributed by atoms with E-state index in [0.29, 0.717) is 30.1 Å². The number of aryl methyl sites for hydroxylation is 2. The second-order valence-corrected chi connectivity index (χ2v) is 8.30. The second kappa shape index (κ2) is 8.90. The maximum atomic E-state index is 13.0. The highest BCUT2D eigenvalue weighted by Crippen LogP contribution is 2.24. The van der Waals surface area contributed by atoms with E-state index in [9.17, 15) is 14.4 Å². The Hall–Kier alpha value is -2.15. The average molecular weight is 389 g/mol. The first kappa shape index (κ1) is 20.6. The highest BCUT2D eigenvalue weighted by atomic mass is 16.2. The van der Waals surface area contributed by atoms with Crippen molar-refractivity contribution in [3.8, 4) is 0 Å². The van der Waals surface area contributed by atoms with E-state index in [1.165, 1.54) is 6.07 Å². The quantitative estimate of drug-likeness (QED) is 0.846. The van der Waals surface area contributed by atoms with Gasteiger partial charge in [-0.05, 0) is 51.6 Å². The summed E-state index contributed by atoms with van der Waals surface area (Å²) in [6.45, 7) is 8.52. The summed E-state index contributed by atoms with van der Waals surface area (Å²) in [5.41, 5.74) is 1.78. The first-order valence-electron chi connectivity index (χ1n) is 10.3. The third kappa shape index (κ3) is 4.82. The fourth-order valence-corrected chi connectivity index (χ4v) is 4.36. The molecule has 0 aromatic carbocycles. The molecule has 0 saturated carbocycles. The SMILES string of the molecule is Cc1cc(=O)[nH]c(C)c1C(=O)N1CCC[C@H](CCC(=O)N2CCN(C)CC2)C1. The molecule has 2 saturated heterocycles. The maximum Gasteiger partial charge on any atom is 0.255 e. The molecule has 1 aromatic heterocycles. The van der Waals surface area contributed by atoms with Crippen LogP contribution < -0.4 is 5.56 Å². The molecule has 0 radical (unpaired) electrons. The average Bonchev–Trinajstić information content (AvgIpc) is 2.66. The zero-order valence-electron chi connectivity index (χ0n) is 17.3. The molecule has 3 heterocycles. The molecule has 0 bridgehead atoms. The molecule has 2 amide bonds. The van der Waals surface area contributed by atoms with Gasteiger partial charge >= 0.3 is 0 Å². The highest BCUT2D eigenvalue weighted by molar-refractivity contribution is 5.96. The van der Waals surface area contributed by atoms with Crippen LogP contribution in [0.15, 0.2) is 10.9 Å². The lowest BCUT2D eigenvalue weighted by molar-refractivity contribution is -0.133. The minimum atomic E-state index is -0.175. The third-order valence-corrected chi connectivity index (χ3v) is 6.07. The number of pyridine rings is 1. The van der Waals surface area contributed by atoms with Crippen LogP contribution in [-0.2, 0) is 4.79 Å². The monoisotopic (exact) mass is 388 g/mol. The smallest absolute Gasteiger partial charge is 0.255 e. The lowest BCUT2D eigenvalue weighted by Gasteiger charge is -2.35. The van der Waals surface area contributed by atoms with Crippen molar-refractivity contribution in [1.29, 1.82) is 0 Å². The lowest BCUT2D eigenvalue weighted by atomic mass is 9.92. The number of carbonyl (C=O) groups excluding carboxylic acids is 2. The minimum absolute atomic E-state index is 0.0126. The van der Waals surface area contributed by atoms with Gasteiger partial charge in [-0.3, -0.25) is 14.4 Å². The van der Waals surface area contributed by atoms with Crippen molar-refractivity contribution in [1.82, 2.24) is 19.7 Å². The molecule has 1 atom stereocenters. The minimum Gasteiger partial charge on any atom is -0.340 e. The van der Waals surface area contributed by atoms with Gasteiger partial charge in [-0.15, -0.1) is 0 Å². The van der Waals surface area contributed by atoms with Gasteiger partial charge in [0.1, 0.15) is 0 Å². The normalized spacial score (nSPS) is 21.0. The van der Waals surface area contributed by atoms with Crippen LogP contribution in [-0.4, -0.2) is 77.8 Å². The summed E-state index contributed by atoms with van der Waals surface area (Å²) in [7, 11) is 2.08. The van der Waals surface area contributed by atoms with Crippen LogP contribution in [0.5, 0.6) is 0 Å². The fourth-order valence-electron chi connectivity index (χ4n) is 4.36. The zero-order chi connectivity index (χ0) is 20.3.